The van der Waals surface area contributed by atoms with Crippen LogP contribution in [0.25, 0.3) is 0 Å². The van der Waals surface area contributed by atoms with E-state index >= 15 is 0 Å². The molecule has 1 N–H and O–H groups in total. The summed E-state index contributed by atoms with van der Waals surface area (Å²) in [7, 11) is 0. The Morgan fingerprint density at radius 2 is 2.25 bits per heavy atom. The first kappa shape index (κ1) is 11.2. The highest BCUT2D eigenvalue weighted by Crippen LogP contribution is 2.37. The van der Waals surface area contributed by atoms with Gasteiger partial charge in [0.05, 0.1) is 6.61 Å². The first-order valence-corrected chi connectivity index (χ1v) is 5.91. The van der Waals surface area contributed by atoms with Crippen LogP contribution in [-0.2, 0) is 0 Å². The molecule has 2 atom stereocenters. The van der Waals surface area contributed by atoms with E-state index in [0.717, 1.165) is 36.6 Å². The molecule has 1 saturated carbocycles. The minimum absolute atomic E-state index is 0.683. The molecule has 0 spiro atoms. The largest absolute Gasteiger partial charge is 0.477 e. The number of ether oxygens (including phenoxy) is 1. The maximum atomic E-state index is 5.68. The summed E-state index contributed by atoms with van der Waals surface area (Å²) in [5.41, 5.74) is 0. The molecule has 0 radical (unpaired) electrons. The second-order valence-corrected chi connectivity index (χ2v) is 4.45. The van der Waals surface area contributed by atoms with E-state index in [-0.39, 0.29) is 0 Å². The molecule has 1 aromatic rings. The maximum Gasteiger partial charge on any atom is 0.218 e. The van der Waals surface area contributed by atoms with Gasteiger partial charge in [-0.05, 0) is 32.1 Å². The lowest BCUT2D eigenvalue weighted by Crippen LogP contribution is -2.06. The van der Waals surface area contributed by atoms with Crippen molar-refractivity contribution in [3.63, 3.8) is 0 Å². The first-order valence-electron chi connectivity index (χ1n) is 5.91. The molecule has 0 amide bonds. The van der Waals surface area contributed by atoms with E-state index in [1.54, 1.807) is 0 Å². The quantitative estimate of drug-likeness (QED) is 0.828. The molecule has 2 rings (SSSR count). The van der Waals surface area contributed by atoms with Gasteiger partial charge in [0.2, 0.25) is 5.88 Å². The van der Waals surface area contributed by atoms with Crippen molar-refractivity contribution >= 4 is 5.82 Å². The lowest BCUT2D eigenvalue weighted by atomic mass is 10.4. The predicted molar refractivity (Wildman–Crippen MR) is 63.7 cm³/mol. The van der Waals surface area contributed by atoms with E-state index in [1.165, 1.54) is 6.42 Å². The molecule has 1 aromatic heterocycles. The zero-order valence-corrected chi connectivity index (χ0v) is 10.2. The third-order valence-electron chi connectivity index (χ3n) is 2.89. The van der Waals surface area contributed by atoms with Crippen molar-refractivity contribution in [3.8, 4) is 5.88 Å². The highest BCUT2D eigenvalue weighted by Gasteiger charge is 2.33. The third kappa shape index (κ3) is 2.84. The van der Waals surface area contributed by atoms with E-state index in [9.17, 15) is 0 Å². The van der Waals surface area contributed by atoms with Gasteiger partial charge in [-0.15, -0.1) is 0 Å². The van der Waals surface area contributed by atoms with Crippen LogP contribution < -0.4 is 10.1 Å². The summed E-state index contributed by atoms with van der Waals surface area (Å²) in [4.78, 5) is 8.55. The second-order valence-electron chi connectivity index (χ2n) is 4.45. The molecule has 0 bridgehead atoms. The fraction of sp³-hybridized carbons (Fsp3) is 0.667. The lowest BCUT2D eigenvalue weighted by Gasteiger charge is -2.08. The Bertz CT molecular complexity index is 367. The second kappa shape index (κ2) is 4.68. The van der Waals surface area contributed by atoms with E-state index in [2.05, 4.69) is 22.2 Å². The zero-order valence-electron chi connectivity index (χ0n) is 10.2. The molecule has 4 heteroatoms. The fourth-order valence-corrected chi connectivity index (χ4v) is 1.71. The number of hydrogen-bond acceptors (Lipinski definition) is 4. The lowest BCUT2D eigenvalue weighted by molar-refractivity contribution is 0.281. The third-order valence-corrected chi connectivity index (χ3v) is 2.89. The topological polar surface area (TPSA) is 47.0 Å². The van der Waals surface area contributed by atoms with Gasteiger partial charge < -0.3 is 10.1 Å². The molecular weight excluding hydrogens is 202 g/mol. The van der Waals surface area contributed by atoms with Gasteiger partial charge in [-0.1, -0.05) is 6.92 Å². The normalized spacial score (nSPS) is 22.9. The van der Waals surface area contributed by atoms with Crippen LogP contribution in [0.15, 0.2) is 6.07 Å². The Hall–Kier alpha value is -1.32. The van der Waals surface area contributed by atoms with Gasteiger partial charge in [-0.3, -0.25) is 0 Å². The number of aromatic nitrogens is 2. The molecule has 0 aliphatic heterocycles. The van der Waals surface area contributed by atoms with Gasteiger partial charge >= 0.3 is 0 Å². The van der Waals surface area contributed by atoms with Crippen LogP contribution in [0.3, 0.4) is 0 Å². The van der Waals surface area contributed by atoms with Crippen molar-refractivity contribution in [2.24, 2.45) is 11.8 Å². The van der Waals surface area contributed by atoms with Gasteiger partial charge in [0.1, 0.15) is 11.6 Å². The Labute approximate surface area is 96.4 Å². The van der Waals surface area contributed by atoms with Gasteiger partial charge in [-0.25, -0.2) is 4.98 Å². The molecule has 1 aliphatic carbocycles. The summed E-state index contributed by atoms with van der Waals surface area (Å²) in [6, 6.07) is 1.86. The molecule has 1 aliphatic rings. The van der Waals surface area contributed by atoms with Gasteiger partial charge in [0.25, 0.3) is 0 Å². The van der Waals surface area contributed by atoms with E-state index < -0.39 is 0 Å². The minimum Gasteiger partial charge on any atom is -0.477 e. The van der Waals surface area contributed by atoms with Crippen molar-refractivity contribution in [2.45, 2.75) is 27.2 Å². The summed E-state index contributed by atoms with van der Waals surface area (Å²) in [6.45, 7) is 7.82. The standard InChI is InChI=1S/C12H19N3O/c1-4-13-11-6-12(15-9(3)14-11)16-7-10-5-8(10)2/h6,8,10H,4-5,7H2,1-3H3,(H,13,14,15). The minimum atomic E-state index is 0.683. The van der Waals surface area contributed by atoms with Crippen molar-refractivity contribution in [3.05, 3.63) is 11.9 Å². The van der Waals surface area contributed by atoms with Crippen LogP contribution in [0.1, 0.15) is 26.1 Å². The average molecular weight is 221 g/mol. The number of nitrogens with zero attached hydrogens (tertiary/aromatic N) is 2. The summed E-state index contributed by atoms with van der Waals surface area (Å²) >= 11 is 0. The van der Waals surface area contributed by atoms with Gasteiger partial charge in [0.15, 0.2) is 0 Å². The predicted octanol–water partition coefficient (Wildman–Crippen LogP) is 2.25. The zero-order chi connectivity index (χ0) is 11.5. The molecule has 0 aromatic carbocycles. The summed E-state index contributed by atoms with van der Waals surface area (Å²) in [5.74, 6) is 3.81. The number of aryl methyl sites for hydroxylation is 1. The molecule has 16 heavy (non-hydrogen) atoms. The van der Waals surface area contributed by atoms with Gasteiger partial charge in [-0.2, -0.15) is 4.98 Å². The van der Waals surface area contributed by atoms with Crippen LogP contribution in [0.4, 0.5) is 5.82 Å². The summed E-state index contributed by atoms with van der Waals surface area (Å²) in [6.07, 6.45) is 1.28. The van der Waals surface area contributed by atoms with Crippen molar-refractivity contribution in [1.29, 1.82) is 0 Å². The highest BCUT2D eigenvalue weighted by molar-refractivity contribution is 5.38. The molecular formula is C12H19N3O. The van der Waals surface area contributed by atoms with Crippen LogP contribution >= 0.6 is 0 Å². The summed E-state index contributed by atoms with van der Waals surface area (Å²) < 4.78 is 5.68. The molecule has 2 unspecified atom stereocenters. The van der Waals surface area contributed by atoms with Crippen LogP contribution in [0.2, 0.25) is 0 Å². The van der Waals surface area contributed by atoms with Crippen molar-refractivity contribution < 1.29 is 4.74 Å². The van der Waals surface area contributed by atoms with E-state index in [4.69, 9.17) is 4.74 Å². The fourth-order valence-electron chi connectivity index (χ4n) is 1.71. The average Bonchev–Trinajstić information content (AvgIpc) is 2.91. The number of anilines is 1. The van der Waals surface area contributed by atoms with Crippen LogP contribution in [0, 0.1) is 18.8 Å². The van der Waals surface area contributed by atoms with E-state index in [1.807, 2.05) is 19.9 Å². The monoisotopic (exact) mass is 221 g/mol. The number of rotatable bonds is 5. The Morgan fingerprint density at radius 1 is 1.50 bits per heavy atom. The van der Waals surface area contributed by atoms with Crippen LogP contribution in [-0.4, -0.2) is 23.1 Å². The smallest absolute Gasteiger partial charge is 0.218 e. The van der Waals surface area contributed by atoms with Gasteiger partial charge in [0, 0.05) is 12.6 Å². The molecule has 88 valence electrons. The molecule has 1 fully saturated rings. The number of hydrogen-bond donors (Lipinski definition) is 1. The SMILES string of the molecule is CCNc1cc(OCC2CC2C)nc(C)n1. The number of nitrogens with one attached hydrogen (secondary N) is 1. The van der Waals surface area contributed by atoms with Crippen LogP contribution in [0.5, 0.6) is 5.88 Å². The highest BCUT2D eigenvalue weighted by atomic mass is 16.5. The first-order chi connectivity index (χ1) is 7.69. The Morgan fingerprint density at radius 3 is 2.88 bits per heavy atom. The van der Waals surface area contributed by atoms with Crippen molar-refractivity contribution in [1.82, 2.24) is 9.97 Å². The summed E-state index contributed by atoms with van der Waals surface area (Å²) in [5, 5.41) is 3.17. The van der Waals surface area contributed by atoms with E-state index in [0.29, 0.717) is 5.88 Å². The Kier molecular flexibility index (Phi) is 3.27. The molecule has 1 heterocycles. The Balaban J connectivity index is 1.96. The maximum absolute atomic E-state index is 5.68. The molecule has 4 nitrogen and oxygen atoms in total. The van der Waals surface area contributed by atoms with Crippen molar-refractivity contribution in [2.75, 3.05) is 18.5 Å². The molecule has 0 saturated heterocycles.